The third-order valence-electron chi connectivity index (χ3n) is 2.64. The maximum atomic E-state index is 5.67. The first kappa shape index (κ1) is 12.4. The summed E-state index contributed by atoms with van der Waals surface area (Å²) in [4.78, 5) is 8.32. The maximum Gasteiger partial charge on any atom is 0.220 e. The van der Waals surface area contributed by atoms with Crippen LogP contribution in [0.25, 0.3) is 11.3 Å². The van der Waals surface area contributed by atoms with Gasteiger partial charge in [0.1, 0.15) is 5.75 Å². The average molecular weight is 243 g/mol. The van der Waals surface area contributed by atoms with Gasteiger partial charge in [-0.15, -0.1) is 0 Å². The van der Waals surface area contributed by atoms with Gasteiger partial charge in [-0.25, -0.2) is 9.97 Å². The van der Waals surface area contributed by atoms with Crippen LogP contribution in [0.5, 0.6) is 5.75 Å². The van der Waals surface area contributed by atoms with Crippen LogP contribution >= 0.6 is 0 Å². The summed E-state index contributed by atoms with van der Waals surface area (Å²) in [6.07, 6.45) is 0. The Kier molecular flexibility index (Phi) is 3.46. The molecule has 4 heteroatoms. The molecule has 0 fully saturated rings. The smallest absolute Gasteiger partial charge is 0.220 e. The number of rotatable bonds is 3. The minimum absolute atomic E-state index is 0.302. The molecule has 0 atom stereocenters. The van der Waals surface area contributed by atoms with Gasteiger partial charge in [0.15, 0.2) is 0 Å². The lowest BCUT2D eigenvalue weighted by molar-refractivity contribution is 0.338. The minimum atomic E-state index is 0.302. The van der Waals surface area contributed by atoms with Crippen molar-refractivity contribution in [3.05, 3.63) is 35.5 Å². The van der Waals surface area contributed by atoms with Crippen LogP contribution in [0.15, 0.2) is 24.3 Å². The lowest BCUT2D eigenvalue weighted by Gasteiger charge is -2.09. The van der Waals surface area contributed by atoms with Crippen molar-refractivity contribution in [2.24, 2.45) is 0 Å². The molecule has 0 bridgehead atoms. The Morgan fingerprint density at radius 2 is 1.94 bits per heavy atom. The number of nitrogen functional groups attached to an aromatic ring is 1. The first-order valence-corrected chi connectivity index (χ1v) is 5.95. The molecule has 1 heterocycles. The molecule has 0 aliphatic heterocycles. The van der Waals surface area contributed by atoms with Gasteiger partial charge < -0.3 is 10.5 Å². The van der Waals surface area contributed by atoms with Gasteiger partial charge in [-0.1, -0.05) is 0 Å². The van der Waals surface area contributed by atoms with Crippen molar-refractivity contribution in [3.8, 4) is 17.0 Å². The predicted octanol–water partition coefficient (Wildman–Crippen LogP) is 2.74. The number of ether oxygens (including phenoxy) is 1. The number of aromatic nitrogens is 2. The molecule has 2 aromatic rings. The summed E-state index contributed by atoms with van der Waals surface area (Å²) in [5.74, 6) is 1.21. The first-order chi connectivity index (χ1) is 8.60. The number of hydrogen-bond donors (Lipinski definition) is 1. The zero-order chi connectivity index (χ0) is 13.1. The van der Waals surface area contributed by atoms with Crippen LogP contribution in [0, 0.1) is 13.8 Å². The zero-order valence-electron chi connectivity index (χ0n) is 10.9. The second kappa shape index (κ2) is 5.04. The van der Waals surface area contributed by atoms with E-state index in [0.29, 0.717) is 12.6 Å². The Labute approximate surface area is 107 Å². The van der Waals surface area contributed by atoms with Gasteiger partial charge in [0.05, 0.1) is 12.3 Å². The molecule has 4 nitrogen and oxygen atoms in total. The molecule has 0 radical (unpaired) electrons. The molecule has 94 valence electrons. The highest BCUT2D eigenvalue weighted by Crippen LogP contribution is 2.25. The second-order valence-electron chi connectivity index (χ2n) is 4.17. The van der Waals surface area contributed by atoms with Crippen molar-refractivity contribution in [3.63, 3.8) is 0 Å². The summed E-state index contributed by atoms with van der Waals surface area (Å²) in [7, 11) is 0. The number of nitrogens with two attached hydrogens (primary N) is 1. The molecule has 0 saturated heterocycles. The fourth-order valence-electron chi connectivity index (χ4n) is 1.87. The molecule has 18 heavy (non-hydrogen) atoms. The Morgan fingerprint density at radius 1 is 1.17 bits per heavy atom. The van der Waals surface area contributed by atoms with E-state index < -0.39 is 0 Å². The molecular weight excluding hydrogens is 226 g/mol. The van der Waals surface area contributed by atoms with Crippen LogP contribution < -0.4 is 10.5 Å². The van der Waals surface area contributed by atoms with E-state index >= 15 is 0 Å². The molecule has 0 saturated carbocycles. The normalized spacial score (nSPS) is 10.4. The van der Waals surface area contributed by atoms with Crippen LogP contribution in [0.1, 0.15) is 18.2 Å². The molecule has 0 aliphatic carbocycles. The average Bonchev–Trinajstić information content (AvgIpc) is 2.30. The molecule has 2 rings (SSSR count). The number of anilines is 1. The van der Waals surface area contributed by atoms with E-state index in [1.807, 2.05) is 45.0 Å². The van der Waals surface area contributed by atoms with Crippen LogP contribution in [-0.4, -0.2) is 16.6 Å². The summed E-state index contributed by atoms with van der Waals surface area (Å²) < 4.78 is 5.52. The van der Waals surface area contributed by atoms with Crippen molar-refractivity contribution in [1.82, 2.24) is 9.97 Å². The summed E-state index contributed by atoms with van der Waals surface area (Å²) in [6, 6.07) is 7.92. The van der Waals surface area contributed by atoms with Crippen molar-refractivity contribution in [1.29, 1.82) is 0 Å². The van der Waals surface area contributed by atoms with Crippen molar-refractivity contribution in [2.45, 2.75) is 20.8 Å². The quantitative estimate of drug-likeness (QED) is 0.900. The van der Waals surface area contributed by atoms with Gasteiger partial charge in [0.2, 0.25) is 5.95 Å². The van der Waals surface area contributed by atoms with Gasteiger partial charge >= 0.3 is 0 Å². The third kappa shape index (κ3) is 2.59. The van der Waals surface area contributed by atoms with E-state index in [0.717, 1.165) is 28.3 Å². The fraction of sp³-hybridized carbons (Fsp3) is 0.286. The van der Waals surface area contributed by atoms with E-state index in [4.69, 9.17) is 10.5 Å². The summed E-state index contributed by atoms with van der Waals surface area (Å²) in [5, 5.41) is 0. The largest absolute Gasteiger partial charge is 0.494 e. The molecular formula is C14H17N3O. The van der Waals surface area contributed by atoms with Crippen LogP contribution in [0.3, 0.4) is 0 Å². The Morgan fingerprint density at radius 3 is 2.56 bits per heavy atom. The zero-order valence-corrected chi connectivity index (χ0v) is 10.9. The Bertz CT molecular complexity index is 547. The third-order valence-corrected chi connectivity index (χ3v) is 2.64. The second-order valence-corrected chi connectivity index (χ2v) is 4.17. The van der Waals surface area contributed by atoms with Gasteiger partial charge in [0, 0.05) is 11.3 Å². The van der Waals surface area contributed by atoms with Crippen molar-refractivity contribution < 1.29 is 4.74 Å². The van der Waals surface area contributed by atoms with E-state index in [1.54, 1.807) is 0 Å². The summed E-state index contributed by atoms with van der Waals surface area (Å²) in [6.45, 7) is 6.57. The molecule has 0 aliphatic rings. The molecule has 2 N–H and O–H groups in total. The van der Waals surface area contributed by atoms with Gasteiger partial charge in [-0.2, -0.15) is 0 Å². The topological polar surface area (TPSA) is 61.0 Å². The maximum absolute atomic E-state index is 5.67. The highest BCUT2D eigenvalue weighted by atomic mass is 16.5. The molecule has 0 spiro atoms. The Balaban J connectivity index is 2.42. The lowest BCUT2D eigenvalue weighted by atomic mass is 10.1. The number of hydrogen-bond acceptors (Lipinski definition) is 4. The van der Waals surface area contributed by atoms with Crippen LogP contribution in [0.4, 0.5) is 5.95 Å². The fourth-order valence-corrected chi connectivity index (χ4v) is 1.87. The van der Waals surface area contributed by atoms with Crippen molar-refractivity contribution in [2.75, 3.05) is 12.3 Å². The van der Waals surface area contributed by atoms with E-state index in [9.17, 15) is 0 Å². The highest BCUT2D eigenvalue weighted by Gasteiger charge is 2.06. The van der Waals surface area contributed by atoms with Gasteiger partial charge in [0.25, 0.3) is 0 Å². The minimum Gasteiger partial charge on any atom is -0.494 e. The number of benzene rings is 1. The summed E-state index contributed by atoms with van der Waals surface area (Å²) in [5.41, 5.74) is 9.48. The van der Waals surface area contributed by atoms with Crippen LogP contribution in [-0.2, 0) is 0 Å². The number of aryl methyl sites for hydroxylation is 2. The van der Waals surface area contributed by atoms with Crippen molar-refractivity contribution >= 4 is 5.95 Å². The SMILES string of the molecule is CCOc1ccc(-c2cc(C)nc(N)n2)cc1C. The van der Waals surface area contributed by atoms with E-state index in [1.165, 1.54) is 0 Å². The predicted molar refractivity (Wildman–Crippen MR) is 72.5 cm³/mol. The number of nitrogens with zero attached hydrogens (tertiary/aromatic N) is 2. The molecule has 0 unspecified atom stereocenters. The van der Waals surface area contributed by atoms with Gasteiger partial charge in [-0.3, -0.25) is 0 Å². The standard InChI is InChI=1S/C14H17N3O/c1-4-18-13-6-5-11(7-9(13)2)12-8-10(3)16-14(15)17-12/h5-8H,4H2,1-3H3,(H2,15,16,17). The first-order valence-electron chi connectivity index (χ1n) is 5.95. The van der Waals surface area contributed by atoms with E-state index in [2.05, 4.69) is 9.97 Å². The molecule has 1 aromatic carbocycles. The van der Waals surface area contributed by atoms with Gasteiger partial charge in [-0.05, 0) is 50.6 Å². The van der Waals surface area contributed by atoms with E-state index in [-0.39, 0.29) is 0 Å². The lowest BCUT2D eigenvalue weighted by Crippen LogP contribution is -1.99. The monoisotopic (exact) mass is 243 g/mol. The highest BCUT2D eigenvalue weighted by molar-refractivity contribution is 5.63. The van der Waals surface area contributed by atoms with Crippen LogP contribution in [0.2, 0.25) is 0 Å². The summed E-state index contributed by atoms with van der Waals surface area (Å²) >= 11 is 0. The molecule has 1 aromatic heterocycles. The Hall–Kier alpha value is -2.10. The molecule has 0 amide bonds.